The highest BCUT2D eigenvalue weighted by Gasteiger charge is 2.89. The lowest BCUT2D eigenvalue weighted by molar-refractivity contribution is -0.203. The molecule has 4 bridgehead atoms. The van der Waals surface area contributed by atoms with Crippen LogP contribution in [0.2, 0.25) is 0 Å². The number of cyclic esters (lactones) is 2. The first-order valence-corrected chi connectivity index (χ1v) is 11.8. The Morgan fingerprint density at radius 1 is 0.562 bits per heavy atom. The fourth-order valence-electron chi connectivity index (χ4n) is 10.9. The van der Waals surface area contributed by atoms with Gasteiger partial charge in [0.2, 0.25) is 0 Å². The van der Waals surface area contributed by atoms with E-state index in [9.17, 15) is 28.8 Å². The fourth-order valence-corrected chi connectivity index (χ4v) is 10.9. The van der Waals surface area contributed by atoms with Crippen LogP contribution in [0.3, 0.4) is 0 Å². The maximum Gasteiger partial charge on any atom is 0.317 e. The first-order chi connectivity index (χ1) is 14.9. The second-order valence-electron chi connectivity index (χ2n) is 12.3. The summed E-state index contributed by atoms with van der Waals surface area (Å²) in [5.41, 5.74) is -4.31. The summed E-state index contributed by atoms with van der Waals surface area (Å²) in [5, 5.41) is 0. The van der Waals surface area contributed by atoms with E-state index in [1.807, 2.05) is 27.7 Å². The molecule has 7 aliphatic rings. The zero-order valence-electron chi connectivity index (χ0n) is 18.6. The number of esters is 2. The number of hydrogen-bond donors (Lipinski definition) is 0. The Morgan fingerprint density at radius 2 is 0.875 bits per heavy atom. The molecule has 32 heavy (non-hydrogen) atoms. The lowest BCUT2D eigenvalue weighted by Crippen LogP contribution is -2.74. The molecule has 7 heteroatoms. The minimum Gasteiger partial charge on any atom is -0.393 e. The van der Waals surface area contributed by atoms with Gasteiger partial charge in [0.25, 0.3) is 0 Å². The number of Topliss-reactive ketones (excluding diaryl/α,β-unsaturated/α-hetero) is 4. The van der Waals surface area contributed by atoms with E-state index in [4.69, 9.17) is 4.74 Å². The Balaban J connectivity index is 1.46. The minimum atomic E-state index is -1.10. The minimum absolute atomic E-state index is 0.0502. The van der Waals surface area contributed by atoms with Crippen LogP contribution in [0.1, 0.15) is 47.0 Å². The summed E-state index contributed by atoms with van der Waals surface area (Å²) in [6.45, 7) is 7.33. The van der Waals surface area contributed by atoms with Crippen molar-refractivity contribution in [3.8, 4) is 0 Å². The largest absolute Gasteiger partial charge is 0.393 e. The molecule has 6 saturated carbocycles. The number of ether oxygens (including phenoxy) is 1. The van der Waals surface area contributed by atoms with Crippen LogP contribution in [0.4, 0.5) is 0 Å². The summed E-state index contributed by atoms with van der Waals surface area (Å²) in [6, 6.07) is 0. The topological polar surface area (TPSA) is 112 Å². The van der Waals surface area contributed by atoms with Crippen LogP contribution in [0.25, 0.3) is 0 Å². The Kier molecular flexibility index (Phi) is 2.93. The van der Waals surface area contributed by atoms with Crippen LogP contribution in [-0.2, 0) is 33.5 Å². The zero-order valence-corrected chi connectivity index (χ0v) is 18.6. The Morgan fingerprint density at radius 3 is 1.22 bits per heavy atom. The summed E-state index contributed by atoms with van der Waals surface area (Å²) >= 11 is 0. The standard InChI is InChI=1S/C25H26O7/c1-22-8-5-9(15-13(27)7-12(26)14(8)15)23(22,2)21(31)25(4)11-6-10(24(25,3)20(22)30)16-17(11)19(29)32-18(16)28/h8-11,14-17H,5-7H2,1-4H3/t8-,9+,10-,11+,14-,15+,16+,17-,22-,23+,24-,25+. The van der Waals surface area contributed by atoms with Gasteiger partial charge in [0.15, 0.2) is 0 Å². The maximum atomic E-state index is 14.6. The van der Waals surface area contributed by atoms with E-state index in [1.165, 1.54) is 0 Å². The van der Waals surface area contributed by atoms with Gasteiger partial charge in [0.1, 0.15) is 23.1 Å². The van der Waals surface area contributed by atoms with Gasteiger partial charge >= 0.3 is 11.9 Å². The fraction of sp³-hybridized carbons (Fsp3) is 0.760. The van der Waals surface area contributed by atoms with E-state index in [0.29, 0.717) is 12.8 Å². The van der Waals surface area contributed by atoms with E-state index in [-0.39, 0.29) is 41.4 Å². The summed E-state index contributed by atoms with van der Waals surface area (Å²) in [5.74, 6) is -5.20. The molecule has 0 radical (unpaired) electrons. The van der Waals surface area contributed by atoms with Crippen LogP contribution in [-0.4, -0.2) is 35.1 Å². The van der Waals surface area contributed by atoms with E-state index in [0.717, 1.165) is 0 Å². The summed E-state index contributed by atoms with van der Waals surface area (Å²) in [4.78, 5) is 80.0. The number of fused-ring (bicyclic) bond motifs is 16. The van der Waals surface area contributed by atoms with Crippen molar-refractivity contribution in [2.24, 2.45) is 69.0 Å². The van der Waals surface area contributed by atoms with Crippen LogP contribution < -0.4 is 0 Å². The molecule has 12 atom stereocenters. The highest BCUT2D eigenvalue weighted by molar-refractivity contribution is 6.15. The van der Waals surface area contributed by atoms with Crippen molar-refractivity contribution >= 4 is 35.1 Å². The SMILES string of the molecule is C[C@@]12C(=O)[C@@]3(C)[C@@H]4C[C@@H]([C@H]5C(=O)OC(=O)[C@H]54)[C@@]3(C)C(=O)[C@]1(C)[C@H]1C[C@@H]2[C@@H]2C(=O)CC(=O)[C@@H]21. The highest BCUT2D eigenvalue weighted by Crippen LogP contribution is 2.83. The van der Waals surface area contributed by atoms with Gasteiger partial charge in [0, 0.05) is 33.5 Å². The molecule has 0 aromatic rings. The number of hydrogen-bond acceptors (Lipinski definition) is 7. The first-order valence-electron chi connectivity index (χ1n) is 11.8. The molecular weight excluding hydrogens is 412 g/mol. The smallest absolute Gasteiger partial charge is 0.317 e. The molecule has 0 aromatic carbocycles. The zero-order chi connectivity index (χ0) is 22.9. The van der Waals surface area contributed by atoms with Gasteiger partial charge in [-0.25, -0.2) is 0 Å². The van der Waals surface area contributed by atoms with Crippen LogP contribution in [0.5, 0.6) is 0 Å². The molecule has 168 valence electrons. The van der Waals surface area contributed by atoms with E-state index in [1.54, 1.807) is 0 Å². The van der Waals surface area contributed by atoms with Crippen molar-refractivity contribution in [2.45, 2.75) is 47.0 Å². The van der Waals surface area contributed by atoms with Gasteiger partial charge in [-0.1, -0.05) is 27.7 Å². The number of carbonyl (C=O) groups is 6. The van der Waals surface area contributed by atoms with Gasteiger partial charge in [-0.2, -0.15) is 0 Å². The van der Waals surface area contributed by atoms with Crippen molar-refractivity contribution < 1.29 is 33.5 Å². The predicted octanol–water partition coefficient (Wildman–Crippen LogP) is 1.55. The van der Waals surface area contributed by atoms with Gasteiger partial charge in [0.05, 0.1) is 18.3 Å². The molecule has 6 aliphatic carbocycles. The highest BCUT2D eigenvalue weighted by atomic mass is 16.6. The molecule has 0 unspecified atom stereocenters. The van der Waals surface area contributed by atoms with Crippen molar-refractivity contribution in [1.82, 2.24) is 0 Å². The Bertz CT molecular complexity index is 969. The lowest BCUT2D eigenvalue weighted by atomic mass is 9.34. The number of rotatable bonds is 0. The predicted molar refractivity (Wildman–Crippen MR) is 105 cm³/mol. The third kappa shape index (κ3) is 1.39. The Hall–Kier alpha value is -2.18. The van der Waals surface area contributed by atoms with Gasteiger partial charge in [-0.15, -0.1) is 0 Å². The molecule has 7 rings (SSSR count). The maximum absolute atomic E-state index is 14.6. The second-order valence-corrected chi connectivity index (χ2v) is 12.3. The molecule has 0 amide bonds. The lowest BCUT2D eigenvalue weighted by Gasteiger charge is -2.65. The second kappa shape index (κ2) is 4.85. The van der Waals surface area contributed by atoms with E-state index >= 15 is 0 Å². The number of ketones is 4. The molecule has 7 nitrogen and oxygen atoms in total. The molecule has 0 N–H and O–H groups in total. The van der Waals surface area contributed by atoms with Crippen LogP contribution in [0, 0.1) is 69.0 Å². The van der Waals surface area contributed by atoms with Crippen LogP contribution >= 0.6 is 0 Å². The summed E-state index contributed by atoms with van der Waals surface area (Å²) < 4.78 is 4.97. The molecule has 1 saturated heterocycles. The Labute approximate surface area is 185 Å². The van der Waals surface area contributed by atoms with Gasteiger partial charge in [-0.05, 0) is 36.5 Å². The van der Waals surface area contributed by atoms with Gasteiger partial charge < -0.3 is 4.74 Å². The third-order valence-corrected chi connectivity index (χ3v) is 12.4. The number of carbonyl (C=O) groups excluding carboxylic acids is 6. The monoisotopic (exact) mass is 438 g/mol. The van der Waals surface area contributed by atoms with Crippen molar-refractivity contribution in [2.75, 3.05) is 0 Å². The van der Waals surface area contributed by atoms with E-state index in [2.05, 4.69) is 0 Å². The normalized spacial score (nSPS) is 61.2. The average molecular weight is 438 g/mol. The third-order valence-electron chi connectivity index (χ3n) is 12.4. The molecule has 0 aromatic heterocycles. The van der Waals surface area contributed by atoms with Crippen LogP contribution in [0.15, 0.2) is 0 Å². The molecule has 1 aliphatic heterocycles. The average Bonchev–Trinajstić information content (AvgIpc) is 3.52. The summed E-state index contributed by atoms with van der Waals surface area (Å²) in [6.07, 6.45) is 0.917. The summed E-state index contributed by atoms with van der Waals surface area (Å²) in [7, 11) is 0. The van der Waals surface area contributed by atoms with E-state index < -0.39 is 69.1 Å². The molecule has 1 heterocycles. The molecule has 0 spiro atoms. The molecular formula is C25H26O7. The molecule has 7 fully saturated rings. The van der Waals surface area contributed by atoms with Crippen molar-refractivity contribution in [1.29, 1.82) is 0 Å². The first kappa shape index (κ1) is 19.3. The van der Waals surface area contributed by atoms with Crippen molar-refractivity contribution in [3.63, 3.8) is 0 Å². The van der Waals surface area contributed by atoms with Crippen molar-refractivity contribution in [3.05, 3.63) is 0 Å². The quantitative estimate of drug-likeness (QED) is 0.417. The van der Waals surface area contributed by atoms with Gasteiger partial charge in [-0.3, -0.25) is 28.8 Å².